The Morgan fingerprint density at radius 1 is 1.24 bits per heavy atom. The van der Waals surface area contributed by atoms with Crippen LogP contribution in [0.15, 0.2) is 35.3 Å². The molecule has 0 bridgehead atoms. The van der Waals surface area contributed by atoms with E-state index < -0.39 is 10.0 Å². The van der Waals surface area contributed by atoms with Gasteiger partial charge in [-0.1, -0.05) is 36.8 Å². The van der Waals surface area contributed by atoms with Gasteiger partial charge in [0.25, 0.3) is 0 Å². The van der Waals surface area contributed by atoms with Gasteiger partial charge in [0, 0.05) is 27.2 Å². The van der Waals surface area contributed by atoms with Gasteiger partial charge in [0.1, 0.15) is 0 Å². The Kier molecular flexibility index (Phi) is 9.73. The summed E-state index contributed by atoms with van der Waals surface area (Å²) in [6.45, 7) is 1.48. The van der Waals surface area contributed by atoms with Crippen LogP contribution in [-0.4, -0.2) is 52.2 Å². The van der Waals surface area contributed by atoms with Crippen molar-refractivity contribution in [2.75, 3.05) is 32.9 Å². The number of nitrogens with one attached hydrogen (secondary N) is 2. The van der Waals surface area contributed by atoms with Crippen molar-refractivity contribution >= 4 is 40.0 Å². The summed E-state index contributed by atoms with van der Waals surface area (Å²) in [5.74, 6) is 1.27. The first kappa shape index (κ1) is 22.2. The average Bonchev–Trinajstić information content (AvgIpc) is 2.49. The third kappa shape index (κ3) is 8.37. The van der Waals surface area contributed by atoms with E-state index in [1.54, 1.807) is 0 Å². The third-order valence-corrected chi connectivity index (χ3v) is 5.50. The van der Waals surface area contributed by atoms with Gasteiger partial charge < -0.3 is 10.2 Å². The van der Waals surface area contributed by atoms with E-state index in [4.69, 9.17) is 0 Å². The van der Waals surface area contributed by atoms with E-state index in [1.165, 1.54) is 6.42 Å². The molecular weight excluding hydrogens is 451 g/mol. The summed E-state index contributed by atoms with van der Waals surface area (Å²) in [7, 11) is 0.551. The molecular formula is C17H29IN4O2S. The van der Waals surface area contributed by atoms with Gasteiger partial charge in [0.15, 0.2) is 5.96 Å². The van der Waals surface area contributed by atoms with E-state index in [0.29, 0.717) is 31.5 Å². The third-order valence-electron chi connectivity index (χ3n) is 4.15. The Hall–Kier alpha value is -0.870. The zero-order valence-electron chi connectivity index (χ0n) is 14.9. The Balaban J connectivity index is 0.00000312. The number of guanidine groups is 1. The van der Waals surface area contributed by atoms with Crippen molar-refractivity contribution in [2.24, 2.45) is 10.9 Å². The number of hydrogen-bond donors (Lipinski definition) is 2. The molecule has 0 amide bonds. The summed E-state index contributed by atoms with van der Waals surface area (Å²) in [6.07, 6.45) is 3.49. The van der Waals surface area contributed by atoms with Crippen molar-refractivity contribution < 1.29 is 8.42 Å². The molecule has 1 aliphatic rings. The van der Waals surface area contributed by atoms with Crippen molar-refractivity contribution in [3.63, 3.8) is 0 Å². The van der Waals surface area contributed by atoms with Gasteiger partial charge in [-0.05, 0) is 24.3 Å². The Morgan fingerprint density at radius 2 is 1.92 bits per heavy atom. The number of halogens is 1. The molecule has 0 heterocycles. The molecule has 0 unspecified atom stereocenters. The SMILES string of the molecule is CN(C)C(=NCc1ccccc1)NCCS(=O)(=O)NCC1CCC1.I. The minimum atomic E-state index is -3.23. The molecule has 0 spiro atoms. The van der Waals surface area contributed by atoms with Gasteiger partial charge in [-0.25, -0.2) is 18.1 Å². The largest absolute Gasteiger partial charge is 0.355 e. The summed E-state index contributed by atoms with van der Waals surface area (Å²) in [6, 6.07) is 9.97. The number of hydrogen-bond acceptors (Lipinski definition) is 3. The van der Waals surface area contributed by atoms with Crippen molar-refractivity contribution in [1.82, 2.24) is 14.9 Å². The normalized spacial score (nSPS) is 15.2. The molecule has 2 N–H and O–H groups in total. The Labute approximate surface area is 168 Å². The number of rotatable bonds is 8. The summed E-state index contributed by atoms with van der Waals surface area (Å²) >= 11 is 0. The maximum Gasteiger partial charge on any atom is 0.213 e. The number of sulfonamides is 1. The molecule has 0 radical (unpaired) electrons. The lowest BCUT2D eigenvalue weighted by Gasteiger charge is -2.25. The Bertz CT molecular complexity index is 631. The maximum atomic E-state index is 12.0. The topological polar surface area (TPSA) is 73.8 Å². The van der Waals surface area contributed by atoms with Crippen molar-refractivity contribution in [1.29, 1.82) is 0 Å². The van der Waals surface area contributed by atoms with Crippen molar-refractivity contribution in [2.45, 2.75) is 25.8 Å². The number of nitrogens with zero attached hydrogens (tertiary/aromatic N) is 2. The van der Waals surface area contributed by atoms with Crippen LogP contribution in [0.1, 0.15) is 24.8 Å². The van der Waals surface area contributed by atoms with Crippen LogP contribution in [0.4, 0.5) is 0 Å². The second-order valence-electron chi connectivity index (χ2n) is 6.41. The highest BCUT2D eigenvalue weighted by Crippen LogP contribution is 2.25. The molecule has 142 valence electrons. The minimum absolute atomic E-state index is 0. The smallest absolute Gasteiger partial charge is 0.213 e. The summed E-state index contributed by atoms with van der Waals surface area (Å²) in [4.78, 5) is 6.38. The lowest BCUT2D eigenvalue weighted by atomic mass is 9.86. The summed E-state index contributed by atoms with van der Waals surface area (Å²) < 4.78 is 26.7. The van der Waals surface area contributed by atoms with Gasteiger partial charge in [-0.3, -0.25) is 0 Å². The van der Waals surface area contributed by atoms with E-state index in [1.807, 2.05) is 49.3 Å². The Morgan fingerprint density at radius 3 is 2.48 bits per heavy atom. The molecule has 0 atom stereocenters. The minimum Gasteiger partial charge on any atom is -0.355 e. The lowest BCUT2D eigenvalue weighted by molar-refractivity contribution is 0.316. The van der Waals surface area contributed by atoms with E-state index >= 15 is 0 Å². The highest BCUT2D eigenvalue weighted by molar-refractivity contribution is 14.0. The second-order valence-corrected chi connectivity index (χ2v) is 8.34. The maximum absolute atomic E-state index is 12.0. The van der Waals surface area contributed by atoms with Crippen LogP contribution < -0.4 is 10.0 Å². The molecule has 0 aliphatic heterocycles. The second kappa shape index (κ2) is 11.0. The van der Waals surface area contributed by atoms with Crippen molar-refractivity contribution in [3.05, 3.63) is 35.9 Å². The van der Waals surface area contributed by atoms with Crippen LogP contribution in [0.3, 0.4) is 0 Å². The molecule has 8 heteroatoms. The zero-order chi connectivity index (χ0) is 17.4. The van der Waals surface area contributed by atoms with Gasteiger partial charge in [0.05, 0.1) is 12.3 Å². The fourth-order valence-electron chi connectivity index (χ4n) is 2.42. The number of aliphatic imine (C=N–C) groups is 1. The van der Waals surface area contributed by atoms with Gasteiger partial charge in [-0.15, -0.1) is 24.0 Å². The molecule has 0 aromatic heterocycles. The van der Waals surface area contributed by atoms with Crippen molar-refractivity contribution in [3.8, 4) is 0 Å². The molecule has 2 rings (SSSR count). The molecule has 1 aliphatic carbocycles. The molecule has 0 saturated heterocycles. The first-order chi connectivity index (χ1) is 11.5. The van der Waals surface area contributed by atoms with Crippen LogP contribution in [0, 0.1) is 5.92 Å². The van der Waals surface area contributed by atoms with Crippen LogP contribution >= 0.6 is 24.0 Å². The van der Waals surface area contributed by atoms with E-state index in [9.17, 15) is 8.42 Å². The highest BCUT2D eigenvalue weighted by Gasteiger charge is 2.20. The van der Waals surface area contributed by atoms with Crippen LogP contribution in [0.5, 0.6) is 0 Å². The average molecular weight is 480 g/mol. The molecule has 25 heavy (non-hydrogen) atoms. The highest BCUT2D eigenvalue weighted by atomic mass is 127. The summed E-state index contributed by atoms with van der Waals surface area (Å²) in [5.41, 5.74) is 1.12. The predicted molar refractivity (Wildman–Crippen MR) is 114 cm³/mol. The fourth-order valence-corrected chi connectivity index (χ4v) is 3.42. The fraction of sp³-hybridized carbons (Fsp3) is 0.588. The van der Waals surface area contributed by atoms with E-state index in [0.717, 1.165) is 18.4 Å². The molecule has 6 nitrogen and oxygen atoms in total. The first-order valence-electron chi connectivity index (χ1n) is 8.43. The van der Waals surface area contributed by atoms with Crippen LogP contribution in [0.25, 0.3) is 0 Å². The van der Waals surface area contributed by atoms with Gasteiger partial charge in [-0.2, -0.15) is 0 Å². The molecule has 1 aromatic carbocycles. The van der Waals surface area contributed by atoms with E-state index in [-0.39, 0.29) is 29.7 Å². The van der Waals surface area contributed by atoms with Crippen LogP contribution in [-0.2, 0) is 16.6 Å². The monoisotopic (exact) mass is 480 g/mol. The number of benzene rings is 1. The molecule has 1 aromatic rings. The van der Waals surface area contributed by atoms with Gasteiger partial charge >= 0.3 is 0 Å². The predicted octanol–water partition coefficient (Wildman–Crippen LogP) is 2.03. The zero-order valence-corrected chi connectivity index (χ0v) is 18.1. The van der Waals surface area contributed by atoms with E-state index in [2.05, 4.69) is 15.0 Å². The molecule has 1 fully saturated rings. The van der Waals surface area contributed by atoms with Gasteiger partial charge in [0.2, 0.25) is 10.0 Å². The standard InChI is InChI=1S/C17H28N4O2S.HI/c1-21(2)17(19-13-15-7-4-3-5-8-15)18-11-12-24(22,23)20-14-16-9-6-10-16;/h3-5,7-8,16,20H,6,9-14H2,1-2H3,(H,18,19);1H. The quantitative estimate of drug-likeness (QED) is 0.339. The first-order valence-corrected chi connectivity index (χ1v) is 10.1. The van der Waals surface area contributed by atoms with Crippen LogP contribution in [0.2, 0.25) is 0 Å². The molecule has 1 saturated carbocycles. The lowest BCUT2D eigenvalue weighted by Crippen LogP contribution is -2.41. The summed E-state index contributed by atoms with van der Waals surface area (Å²) in [5, 5.41) is 3.12.